The molecule has 0 aliphatic heterocycles. The van der Waals surface area contributed by atoms with E-state index in [0.29, 0.717) is 5.41 Å². The Morgan fingerprint density at radius 3 is 2.75 bits per heavy atom. The number of nitrogens with one attached hydrogen (secondary N) is 1. The SMILES string of the molecule is CCCC1(CNc2ccc(N)cc2Br)CC1. The van der Waals surface area contributed by atoms with Crippen LogP contribution in [0.2, 0.25) is 0 Å². The van der Waals surface area contributed by atoms with E-state index in [1.807, 2.05) is 18.2 Å². The minimum Gasteiger partial charge on any atom is -0.399 e. The second-order valence-corrected chi connectivity index (χ2v) is 5.70. The molecule has 0 heterocycles. The first-order valence-electron chi connectivity index (χ1n) is 5.94. The predicted molar refractivity (Wildman–Crippen MR) is 73.6 cm³/mol. The van der Waals surface area contributed by atoms with Crippen molar-refractivity contribution in [1.29, 1.82) is 0 Å². The number of nitrogen functional groups attached to an aromatic ring is 1. The van der Waals surface area contributed by atoms with Gasteiger partial charge in [0, 0.05) is 22.4 Å². The predicted octanol–water partition coefficient (Wildman–Crippen LogP) is 4.02. The summed E-state index contributed by atoms with van der Waals surface area (Å²) in [5.41, 5.74) is 8.24. The van der Waals surface area contributed by atoms with Crippen LogP contribution in [0.15, 0.2) is 22.7 Å². The van der Waals surface area contributed by atoms with Crippen molar-refractivity contribution in [2.24, 2.45) is 5.41 Å². The summed E-state index contributed by atoms with van der Waals surface area (Å²) < 4.78 is 1.06. The highest BCUT2D eigenvalue weighted by atomic mass is 79.9. The lowest BCUT2D eigenvalue weighted by Gasteiger charge is -2.16. The molecule has 1 aromatic carbocycles. The maximum atomic E-state index is 5.71. The molecule has 1 aliphatic rings. The van der Waals surface area contributed by atoms with Crippen molar-refractivity contribution < 1.29 is 0 Å². The van der Waals surface area contributed by atoms with E-state index in [4.69, 9.17) is 5.73 Å². The zero-order chi connectivity index (χ0) is 11.6. The zero-order valence-corrected chi connectivity index (χ0v) is 11.3. The summed E-state index contributed by atoms with van der Waals surface area (Å²) in [6, 6.07) is 5.93. The molecule has 2 rings (SSSR count). The number of rotatable bonds is 5. The molecule has 0 radical (unpaired) electrons. The standard InChI is InChI=1S/C13H19BrN2/c1-2-5-13(6-7-13)9-16-12-4-3-10(15)8-11(12)14/h3-4,8,16H,2,5-7,9,15H2,1H3. The lowest BCUT2D eigenvalue weighted by Crippen LogP contribution is -2.15. The zero-order valence-electron chi connectivity index (χ0n) is 9.72. The van der Waals surface area contributed by atoms with Gasteiger partial charge >= 0.3 is 0 Å². The van der Waals surface area contributed by atoms with Gasteiger partial charge in [-0.1, -0.05) is 13.3 Å². The molecular formula is C13H19BrN2. The van der Waals surface area contributed by atoms with Crippen LogP contribution >= 0.6 is 15.9 Å². The molecule has 0 saturated heterocycles. The van der Waals surface area contributed by atoms with E-state index in [0.717, 1.165) is 22.4 Å². The van der Waals surface area contributed by atoms with Gasteiger partial charge in [0.15, 0.2) is 0 Å². The summed E-state index contributed by atoms with van der Waals surface area (Å²) in [6.45, 7) is 3.35. The molecule has 0 unspecified atom stereocenters. The molecule has 1 aliphatic carbocycles. The summed E-state index contributed by atoms with van der Waals surface area (Å²) in [5, 5.41) is 3.53. The molecule has 0 spiro atoms. The van der Waals surface area contributed by atoms with Gasteiger partial charge in [0.25, 0.3) is 0 Å². The molecule has 0 aromatic heterocycles. The maximum absolute atomic E-state index is 5.71. The molecule has 0 atom stereocenters. The fourth-order valence-electron chi connectivity index (χ4n) is 2.18. The van der Waals surface area contributed by atoms with Gasteiger partial charge < -0.3 is 11.1 Å². The van der Waals surface area contributed by atoms with Gasteiger partial charge in [-0.2, -0.15) is 0 Å². The van der Waals surface area contributed by atoms with Crippen LogP contribution < -0.4 is 11.1 Å². The Bertz CT molecular complexity index is 372. The number of anilines is 2. The first-order valence-corrected chi connectivity index (χ1v) is 6.73. The summed E-state index contributed by atoms with van der Waals surface area (Å²) in [5.74, 6) is 0. The van der Waals surface area contributed by atoms with Crippen molar-refractivity contribution in [2.45, 2.75) is 32.6 Å². The number of hydrogen-bond acceptors (Lipinski definition) is 2. The van der Waals surface area contributed by atoms with Crippen molar-refractivity contribution in [1.82, 2.24) is 0 Å². The maximum Gasteiger partial charge on any atom is 0.0486 e. The van der Waals surface area contributed by atoms with Gasteiger partial charge in [-0.25, -0.2) is 0 Å². The monoisotopic (exact) mass is 282 g/mol. The average Bonchev–Trinajstić information content (AvgIpc) is 2.98. The van der Waals surface area contributed by atoms with Crippen LogP contribution in [-0.4, -0.2) is 6.54 Å². The van der Waals surface area contributed by atoms with E-state index in [-0.39, 0.29) is 0 Å². The summed E-state index contributed by atoms with van der Waals surface area (Å²) >= 11 is 3.53. The molecule has 3 heteroatoms. The van der Waals surface area contributed by atoms with Crippen molar-refractivity contribution in [3.8, 4) is 0 Å². The first-order chi connectivity index (χ1) is 7.65. The van der Waals surface area contributed by atoms with E-state index in [1.165, 1.54) is 25.7 Å². The summed E-state index contributed by atoms with van der Waals surface area (Å²) in [4.78, 5) is 0. The van der Waals surface area contributed by atoms with Gasteiger partial charge in [-0.05, 0) is 58.8 Å². The van der Waals surface area contributed by atoms with Crippen LogP contribution in [0, 0.1) is 5.41 Å². The Balaban J connectivity index is 1.94. The molecule has 88 valence electrons. The number of halogens is 1. The molecule has 3 N–H and O–H groups in total. The minimum absolute atomic E-state index is 0.579. The third-order valence-corrected chi connectivity index (χ3v) is 4.04. The van der Waals surface area contributed by atoms with Crippen molar-refractivity contribution in [2.75, 3.05) is 17.6 Å². The molecule has 0 bridgehead atoms. The topological polar surface area (TPSA) is 38.0 Å². The molecule has 1 saturated carbocycles. The van der Waals surface area contributed by atoms with E-state index in [1.54, 1.807) is 0 Å². The third-order valence-electron chi connectivity index (χ3n) is 3.38. The van der Waals surface area contributed by atoms with E-state index >= 15 is 0 Å². The molecule has 16 heavy (non-hydrogen) atoms. The highest BCUT2D eigenvalue weighted by Crippen LogP contribution is 2.49. The molecular weight excluding hydrogens is 264 g/mol. The quantitative estimate of drug-likeness (QED) is 0.801. The van der Waals surface area contributed by atoms with Crippen molar-refractivity contribution in [3.63, 3.8) is 0 Å². The van der Waals surface area contributed by atoms with Gasteiger partial charge in [0.1, 0.15) is 0 Å². The largest absolute Gasteiger partial charge is 0.399 e. The molecule has 1 fully saturated rings. The molecule has 0 amide bonds. The van der Waals surface area contributed by atoms with E-state index in [2.05, 4.69) is 28.2 Å². The van der Waals surface area contributed by atoms with E-state index < -0.39 is 0 Å². The van der Waals surface area contributed by atoms with Crippen LogP contribution in [-0.2, 0) is 0 Å². The minimum atomic E-state index is 0.579. The Labute approximate surface area is 106 Å². The second-order valence-electron chi connectivity index (χ2n) is 4.84. The lowest BCUT2D eigenvalue weighted by molar-refractivity contribution is 0.485. The Hall–Kier alpha value is -0.700. The van der Waals surface area contributed by atoms with Gasteiger partial charge in [-0.3, -0.25) is 0 Å². The molecule has 1 aromatic rings. The van der Waals surface area contributed by atoms with Gasteiger partial charge in [0.2, 0.25) is 0 Å². The Morgan fingerprint density at radius 2 is 2.19 bits per heavy atom. The van der Waals surface area contributed by atoms with Crippen LogP contribution in [0.25, 0.3) is 0 Å². The Kier molecular flexibility index (Phi) is 3.43. The summed E-state index contributed by atoms with van der Waals surface area (Å²) in [6.07, 6.45) is 5.37. The number of nitrogens with two attached hydrogens (primary N) is 1. The fraction of sp³-hybridized carbons (Fsp3) is 0.538. The van der Waals surface area contributed by atoms with Crippen LogP contribution in [0.3, 0.4) is 0 Å². The first kappa shape index (κ1) is 11.8. The highest BCUT2D eigenvalue weighted by molar-refractivity contribution is 9.10. The van der Waals surface area contributed by atoms with Gasteiger partial charge in [0.05, 0.1) is 0 Å². The summed E-state index contributed by atoms with van der Waals surface area (Å²) in [7, 11) is 0. The van der Waals surface area contributed by atoms with Crippen LogP contribution in [0.1, 0.15) is 32.6 Å². The normalized spacial score (nSPS) is 17.1. The van der Waals surface area contributed by atoms with E-state index in [9.17, 15) is 0 Å². The van der Waals surface area contributed by atoms with Crippen molar-refractivity contribution >= 4 is 27.3 Å². The smallest absolute Gasteiger partial charge is 0.0486 e. The van der Waals surface area contributed by atoms with Gasteiger partial charge in [-0.15, -0.1) is 0 Å². The number of benzene rings is 1. The van der Waals surface area contributed by atoms with Crippen LogP contribution in [0.5, 0.6) is 0 Å². The lowest BCUT2D eigenvalue weighted by atomic mass is 10.0. The fourth-order valence-corrected chi connectivity index (χ4v) is 2.72. The van der Waals surface area contributed by atoms with Crippen LogP contribution in [0.4, 0.5) is 11.4 Å². The highest BCUT2D eigenvalue weighted by Gasteiger charge is 2.41. The second kappa shape index (κ2) is 4.66. The third kappa shape index (κ3) is 2.70. The average molecular weight is 283 g/mol. The Morgan fingerprint density at radius 1 is 1.44 bits per heavy atom. The number of hydrogen-bond donors (Lipinski definition) is 2. The molecule has 2 nitrogen and oxygen atoms in total. The van der Waals surface area contributed by atoms with Crippen molar-refractivity contribution in [3.05, 3.63) is 22.7 Å².